The summed E-state index contributed by atoms with van der Waals surface area (Å²) in [4.78, 5) is 11.8. The third-order valence-electron chi connectivity index (χ3n) is 3.12. The predicted molar refractivity (Wildman–Crippen MR) is 89.3 cm³/mol. The van der Waals surface area contributed by atoms with Gasteiger partial charge < -0.3 is 24.3 Å². The molecule has 1 aromatic rings. The van der Waals surface area contributed by atoms with Gasteiger partial charge in [-0.15, -0.1) is 0 Å². The number of amides is 1. The van der Waals surface area contributed by atoms with Gasteiger partial charge in [0.2, 0.25) is 11.7 Å². The number of hydrogen-bond acceptors (Lipinski definition) is 5. The third-order valence-corrected chi connectivity index (χ3v) is 3.12. The van der Waals surface area contributed by atoms with Gasteiger partial charge in [-0.25, -0.2) is 0 Å². The van der Waals surface area contributed by atoms with Gasteiger partial charge >= 0.3 is 0 Å². The van der Waals surface area contributed by atoms with Crippen molar-refractivity contribution in [2.24, 2.45) is 0 Å². The molecule has 23 heavy (non-hydrogen) atoms. The molecule has 128 valence electrons. The molecule has 1 N–H and O–H groups in total. The minimum atomic E-state index is -0.168. The molecular formula is C17H25NO5. The summed E-state index contributed by atoms with van der Waals surface area (Å²) in [7, 11) is 4.64. The maximum atomic E-state index is 11.8. The van der Waals surface area contributed by atoms with Gasteiger partial charge in [0, 0.05) is 31.4 Å². The fourth-order valence-corrected chi connectivity index (χ4v) is 2.01. The molecule has 0 unspecified atom stereocenters. The van der Waals surface area contributed by atoms with Crippen LogP contribution in [-0.4, -0.2) is 47.0 Å². The second kappa shape index (κ2) is 10.5. The standard InChI is InChI=1S/C17H25NO5/c1-5-23-12-6-11-18-15(19)10-8-13-7-9-14(20-2)17(22-4)16(13)21-3/h7-10H,5-6,11-12H2,1-4H3,(H,18,19)/b10-8+. The van der Waals surface area contributed by atoms with Crippen molar-refractivity contribution in [1.82, 2.24) is 5.32 Å². The van der Waals surface area contributed by atoms with Crippen molar-refractivity contribution in [1.29, 1.82) is 0 Å². The fourth-order valence-electron chi connectivity index (χ4n) is 2.01. The Bertz CT molecular complexity index is 528. The Morgan fingerprint density at radius 3 is 2.48 bits per heavy atom. The molecule has 0 saturated heterocycles. The highest BCUT2D eigenvalue weighted by atomic mass is 16.5. The number of carbonyl (C=O) groups is 1. The Kier molecular flexibility index (Phi) is 8.60. The second-order valence-corrected chi connectivity index (χ2v) is 4.60. The first kappa shape index (κ1) is 18.8. The van der Waals surface area contributed by atoms with Crippen molar-refractivity contribution in [3.63, 3.8) is 0 Å². The van der Waals surface area contributed by atoms with Crippen LogP contribution in [0, 0.1) is 0 Å². The lowest BCUT2D eigenvalue weighted by Gasteiger charge is -2.13. The largest absolute Gasteiger partial charge is 0.493 e. The molecule has 1 rings (SSSR count). The summed E-state index contributed by atoms with van der Waals surface area (Å²) in [5.74, 6) is 1.42. The maximum absolute atomic E-state index is 11.8. The Morgan fingerprint density at radius 2 is 1.87 bits per heavy atom. The summed E-state index contributed by atoms with van der Waals surface area (Å²) in [6.07, 6.45) is 3.93. The minimum Gasteiger partial charge on any atom is -0.493 e. The van der Waals surface area contributed by atoms with Crippen LogP contribution in [0.5, 0.6) is 17.2 Å². The monoisotopic (exact) mass is 323 g/mol. The highest BCUT2D eigenvalue weighted by Gasteiger charge is 2.14. The van der Waals surface area contributed by atoms with E-state index in [4.69, 9.17) is 18.9 Å². The lowest BCUT2D eigenvalue weighted by Crippen LogP contribution is -2.23. The van der Waals surface area contributed by atoms with E-state index >= 15 is 0 Å². The first-order valence-electron chi connectivity index (χ1n) is 7.50. The van der Waals surface area contributed by atoms with E-state index in [0.717, 1.165) is 12.0 Å². The zero-order valence-electron chi connectivity index (χ0n) is 14.2. The number of rotatable bonds is 10. The van der Waals surface area contributed by atoms with Crippen molar-refractivity contribution < 1.29 is 23.7 Å². The van der Waals surface area contributed by atoms with Gasteiger partial charge in [0.25, 0.3) is 0 Å². The summed E-state index contributed by atoms with van der Waals surface area (Å²) in [6, 6.07) is 3.57. The van der Waals surface area contributed by atoms with Gasteiger partial charge in [-0.05, 0) is 31.6 Å². The predicted octanol–water partition coefficient (Wildman–Crippen LogP) is 2.27. The molecular weight excluding hydrogens is 298 g/mol. The molecule has 6 heteroatoms. The van der Waals surface area contributed by atoms with Crippen LogP contribution in [0.15, 0.2) is 18.2 Å². The number of carbonyl (C=O) groups excluding carboxylic acids is 1. The van der Waals surface area contributed by atoms with E-state index in [1.165, 1.54) is 6.08 Å². The van der Waals surface area contributed by atoms with Crippen LogP contribution >= 0.6 is 0 Å². The molecule has 0 aliphatic rings. The minimum absolute atomic E-state index is 0.168. The zero-order chi connectivity index (χ0) is 17.1. The highest BCUT2D eigenvalue weighted by molar-refractivity contribution is 5.92. The van der Waals surface area contributed by atoms with E-state index in [-0.39, 0.29) is 5.91 Å². The topological polar surface area (TPSA) is 66.0 Å². The van der Waals surface area contributed by atoms with Crippen molar-refractivity contribution >= 4 is 12.0 Å². The number of ether oxygens (including phenoxy) is 4. The van der Waals surface area contributed by atoms with Gasteiger partial charge in [0.15, 0.2) is 11.5 Å². The van der Waals surface area contributed by atoms with E-state index in [1.807, 2.05) is 6.92 Å². The quantitative estimate of drug-likeness (QED) is 0.528. The van der Waals surface area contributed by atoms with Crippen LogP contribution in [-0.2, 0) is 9.53 Å². The molecule has 0 aliphatic carbocycles. The smallest absolute Gasteiger partial charge is 0.244 e. The summed E-state index contributed by atoms with van der Waals surface area (Å²) in [6.45, 7) is 3.85. The Balaban J connectivity index is 2.70. The van der Waals surface area contributed by atoms with Crippen LogP contribution < -0.4 is 19.5 Å². The van der Waals surface area contributed by atoms with Gasteiger partial charge in [-0.2, -0.15) is 0 Å². The van der Waals surface area contributed by atoms with E-state index in [9.17, 15) is 4.79 Å². The molecule has 0 spiro atoms. The van der Waals surface area contributed by atoms with E-state index in [0.29, 0.717) is 37.0 Å². The molecule has 0 atom stereocenters. The Morgan fingerprint density at radius 1 is 1.13 bits per heavy atom. The van der Waals surface area contributed by atoms with Crippen LogP contribution in [0.3, 0.4) is 0 Å². The normalized spacial score (nSPS) is 10.6. The first-order chi connectivity index (χ1) is 11.2. The van der Waals surface area contributed by atoms with E-state index in [2.05, 4.69) is 5.32 Å². The number of nitrogens with one attached hydrogen (secondary N) is 1. The Hall–Kier alpha value is -2.21. The van der Waals surface area contributed by atoms with Crippen molar-refractivity contribution in [3.05, 3.63) is 23.8 Å². The van der Waals surface area contributed by atoms with Gasteiger partial charge in [-0.1, -0.05) is 0 Å². The van der Waals surface area contributed by atoms with Crippen LogP contribution in [0.1, 0.15) is 18.9 Å². The summed E-state index contributed by atoms with van der Waals surface area (Å²) in [5, 5.41) is 2.80. The molecule has 0 saturated carbocycles. The fraction of sp³-hybridized carbons (Fsp3) is 0.471. The van der Waals surface area contributed by atoms with Crippen molar-refractivity contribution in [2.75, 3.05) is 41.1 Å². The average molecular weight is 323 g/mol. The van der Waals surface area contributed by atoms with Crippen molar-refractivity contribution in [2.45, 2.75) is 13.3 Å². The van der Waals surface area contributed by atoms with Gasteiger partial charge in [-0.3, -0.25) is 4.79 Å². The van der Waals surface area contributed by atoms with E-state index < -0.39 is 0 Å². The Labute approximate surface area is 137 Å². The van der Waals surface area contributed by atoms with Gasteiger partial charge in [0.05, 0.1) is 21.3 Å². The lowest BCUT2D eigenvalue weighted by molar-refractivity contribution is -0.116. The molecule has 0 bridgehead atoms. The van der Waals surface area contributed by atoms with Crippen LogP contribution in [0.25, 0.3) is 6.08 Å². The summed E-state index contributed by atoms with van der Waals surface area (Å²) >= 11 is 0. The highest BCUT2D eigenvalue weighted by Crippen LogP contribution is 2.40. The average Bonchev–Trinajstić information content (AvgIpc) is 2.58. The zero-order valence-corrected chi connectivity index (χ0v) is 14.2. The number of methoxy groups -OCH3 is 3. The SMILES string of the molecule is CCOCCCNC(=O)/C=C/c1ccc(OC)c(OC)c1OC. The second-order valence-electron chi connectivity index (χ2n) is 4.60. The molecule has 0 fully saturated rings. The lowest BCUT2D eigenvalue weighted by atomic mass is 10.1. The molecule has 0 aliphatic heterocycles. The maximum Gasteiger partial charge on any atom is 0.244 e. The molecule has 0 radical (unpaired) electrons. The summed E-state index contributed by atoms with van der Waals surface area (Å²) in [5.41, 5.74) is 0.731. The molecule has 0 aromatic heterocycles. The molecule has 1 aromatic carbocycles. The van der Waals surface area contributed by atoms with Crippen LogP contribution in [0.2, 0.25) is 0 Å². The van der Waals surface area contributed by atoms with E-state index in [1.54, 1.807) is 39.5 Å². The molecule has 6 nitrogen and oxygen atoms in total. The molecule has 0 heterocycles. The first-order valence-corrected chi connectivity index (χ1v) is 7.50. The number of hydrogen-bond donors (Lipinski definition) is 1. The van der Waals surface area contributed by atoms with Crippen LogP contribution in [0.4, 0.5) is 0 Å². The molecule has 1 amide bonds. The van der Waals surface area contributed by atoms with Crippen molar-refractivity contribution in [3.8, 4) is 17.2 Å². The van der Waals surface area contributed by atoms with Gasteiger partial charge in [0.1, 0.15) is 0 Å². The number of benzene rings is 1. The summed E-state index contributed by atoms with van der Waals surface area (Å²) < 4.78 is 21.1. The third kappa shape index (κ3) is 5.83.